The van der Waals surface area contributed by atoms with Crippen LogP contribution in [-0.4, -0.2) is 17.0 Å². The maximum absolute atomic E-state index is 11.6. The standard InChI is InChI=1S/C13H16O4/c1-4-9(3)13(16)17-11-7-8(2)5-6-10(11)12(14)15/h5-7,9H,4H2,1-3H3,(H,14,15). The summed E-state index contributed by atoms with van der Waals surface area (Å²) in [5.41, 5.74) is 0.856. The zero-order valence-corrected chi connectivity index (χ0v) is 10.2. The Morgan fingerprint density at radius 3 is 2.59 bits per heavy atom. The van der Waals surface area contributed by atoms with Crippen LogP contribution in [0.1, 0.15) is 36.2 Å². The molecule has 1 rings (SSSR count). The lowest BCUT2D eigenvalue weighted by molar-refractivity contribution is -0.138. The number of aryl methyl sites for hydroxylation is 1. The SMILES string of the molecule is CCC(C)C(=O)Oc1cc(C)ccc1C(=O)O. The van der Waals surface area contributed by atoms with Gasteiger partial charge in [0.15, 0.2) is 0 Å². The molecule has 4 heteroatoms. The van der Waals surface area contributed by atoms with Crippen molar-refractivity contribution < 1.29 is 19.4 Å². The number of carboxylic acids is 1. The van der Waals surface area contributed by atoms with Crippen LogP contribution >= 0.6 is 0 Å². The predicted molar refractivity (Wildman–Crippen MR) is 63.2 cm³/mol. The Kier molecular flexibility index (Phi) is 4.26. The number of carboxylic acid groups (broad SMARTS) is 1. The summed E-state index contributed by atoms with van der Waals surface area (Å²) >= 11 is 0. The van der Waals surface area contributed by atoms with Crippen molar-refractivity contribution in [2.24, 2.45) is 5.92 Å². The van der Waals surface area contributed by atoms with E-state index in [1.807, 2.05) is 13.8 Å². The summed E-state index contributed by atoms with van der Waals surface area (Å²) in [5.74, 6) is -1.63. The van der Waals surface area contributed by atoms with Gasteiger partial charge in [0.1, 0.15) is 11.3 Å². The molecule has 0 aliphatic carbocycles. The first-order chi connectivity index (χ1) is 7.95. The number of benzene rings is 1. The number of aromatic carboxylic acids is 1. The summed E-state index contributed by atoms with van der Waals surface area (Å²) in [5, 5.41) is 8.97. The van der Waals surface area contributed by atoms with Gasteiger partial charge in [-0.05, 0) is 31.0 Å². The number of rotatable bonds is 4. The summed E-state index contributed by atoms with van der Waals surface area (Å²) < 4.78 is 5.12. The lowest BCUT2D eigenvalue weighted by atomic mass is 10.1. The van der Waals surface area contributed by atoms with Gasteiger partial charge in [-0.1, -0.05) is 19.9 Å². The molecule has 0 radical (unpaired) electrons. The van der Waals surface area contributed by atoms with Crippen molar-refractivity contribution in [2.75, 3.05) is 0 Å². The number of hydrogen-bond acceptors (Lipinski definition) is 3. The van der Waals surface area contributed by atoms with E-state index in [0.29, 0.717) is 6.42 Å². The summed E-state index contributed by atoms with van der Waals surface area (Å²) in [7, 11) is 0. The predicted octanol–water partition coefficient (Wildman–Crippen LogP) is 2.64. The van der Waals surface area contributed by atoms with Gasteiger partial charge in [-0.2, -0.15) is 0 Å². The summed E-state index contributed by atoms with van der Waals surface area (Å²) in [6.45, 7) is 5.44. The first kappa shape index (κ1) is 13.2. The van der Waals surface area contributed by atoms with Crippen molar-refractivity contribution in [2.45, 2.75) is 27.2 Å². The summed E-state index contributed by atoms with van der Waals surface area (Å²) in [6, 6.07) is 4.67. The lowest BCUT2D eigenvalue weighted by Gasteiger charge is -2.11. The molecule has 0 bridgehead atoms. The topological polar surface area (TPSA) is 63.6 Å². The second-order valence-electron chi connectivity index (χ2n) is 4.04. The van der Waals surface area contributed by atoms with Crippen molar-refractivity contribution >= 4 is 11.9 Å². The summed E-state index contributed by atoms with van der Waals surface area (Å²) in [6.07, 6.45) is 0.660. The molecule has 0 aliphatic rings. The molecule has 0 fully saturated rings. The lowest BCUT2D eigenvalue weighted by Crippen LogP contribution is -2.18. The average molecular weight is 236 g/mol. The van der Waals surface area contributed by atoms with Crippen LogP contribution in [0.5, 0.6) is 5.75 Å². The molecule has 0 saturated heterocycles. The Bertz CT molecular complexity index is 437. The smallest absolute Gasteiger partial charge is 0.339 e. The second kappa shape index (κ2) is 5.48. The van der Waals surface area contributed by atoms with E-state index in [4.69, 9.17) is 9.84 Å². The molecule has 1 aromatic carbocycles. The molecular weight excluding hydrogens is 220 g/mol. The van der Waals surface area contributed by atoms with E-state index in [0.717, 1.165) is 5.56 Å². The number of ether oxygens (including phenoxy) is 1. The highest BCUT2D eigenvalue weighted by Crippen LogP contribution is 2.21. The number of esters is 1. The van der Waals surface area contributed by atoms with Crippen LogP contribution in [-0.2, 0) is 4.79 Å². The van der Waals surface area contributed by atoms with Gasteiger partial charge in [0, 0.05) is 0 Å². The minimum absolute atomic E-state index is 0.00672. The maximum atomic E-state index is 11.6. The second-order valence-corrected chi connectivity index (χ2v) is 4.04. The third kappa shape index (κ3) is 3.31. The van der Waals surface area contributed by atoms with E-state index < -0.39 is 11.9 Å². The van der Waals surface area contributed by atoms with E-state index >= 15 is 0 Å². The third-order valence-electron chi connectivity index (χ3n) is 2.59. The Labute approximate surface area is 100 Å². The highest BCUT2D eigenvalue weighted by atomic mass is 16.5. The van der Waals surface area contributed by atoms with E-state index in [1.54, 1.807) is 19.1 Å². The molecule has 17 heavy (non-hydrogen) atoms. The van der Waals surface area contributed by atoms with E-state index in [2.05, 4.69) is 0 Å². The van der Waals surface area contributed by atoms with Crippen LogP contribution in [0.2, 0.25) is 0 Å². The minimum atomic E-state index is -1.10. The van der Waals surface area contributed by atoms with Crippen LogP contribution in [0.15, 0.2) is 18.2 Å². The molecule has 0 heterocycles. The molecule has 1 aromatic rings. The van der Waals surface area contributed by atoms with Gasteiger partial charge in [-0.3, -0.25) is 4.79 Å². The fourth-order valence-electron chi connectivity index (χ4n) is 1.27. The van der Waals surface area contributed by atoms with Crippen molar-refractivity contribution in [1.82, 2.24) is 0 Å². The van der Waals surface area contributed by atoms with Crippen molar-refractivity contribution in [3.05, 3.63) is 29.3 Å². The summed E-state index contributed by atoms with van der Waals surface area (Å²) in [4.78, 5) is 22.6. The molecule has 1 N–H and O–H groups in total. The van der Waals surface area contributed by atoms with Crippen LogP contribution in [0.25, 0.3) is 0 Å². The molecule has 0 saturated carbocycles. The van der Waals surface area contributed by atoms with Gasteiger partial charge >= 0.3 is 11.9 Å². The first-order valence-electron chi connectivity index (χ1n) is 5.51. The molecule has 0 aromatic heterocycles. The van der Waals surface area contributed by atoms with Gasteiger partial charge in [-0.25, -0.2) is 4.79 Å². The molecule has 0 aliphatic heterocycles. The Morgan fingerprint density at radius 2 is 2.06 bits per heavy atom. The highest BCUT2D eigenvalue weighted by molar-refractivity contribution is 5.92. The minimum Gasteiger partial charge on any atom is -0.478 e. The zero-order chi connectivity index (χ0) is 13.0. The van der Waals surface area contributed by atoms with Gasteiger partial charge in [0.2, 0.25) is 0 Å². The van der Waals surface area contributed by atoms with Crippen molar-refractivity contribution in [1.29, 1.82) is 0 Å². The molecule has 1 atom stereocenters. The van der Waals surface area contributed by atoms with E-state index in [-0.39, 0.29) is 17.2 Å². The van der Waals surface area contributed by atoms with Gasteiger partial charge in [0.25, 0.3) is 0 Å². The number of carbonyl (C=O) groups excluding carboxylic acids is 1. The van der Waals surface area contributed by atoms with Crippen LogP contribution < -0.4 is 4.74 Å². The number of carbonyl (C=O) groups is 2. The monoisotopic (exact) mass is 236 g/mol. The fraction of sp³-hybridized carbons (Fsp3) is 0.385. The molecular formula is C13H16O4. The molecule has 92 valence electrons. The van der Waals surface area contributed by atoms with Gasteiger partial charge in [0.05, 0.1) is 5.92 Å². The van der Waals surface area contributed by atoms with Gasteiger partial charge in [-0.15, -0.1) is 0 Å². The zero-order valence-electron chi connectivity index (χ0n) is 10.2. The van der Waals surface area contributed by atoms with E-state index in [9.17, 15) is 9.59 Å². The maximum Gasteiger partial charge on any atom is 0.339 e. The molecule has 0 amide bonds. The molecule has 0 spiro atoms. The third-order valence-corrected chi connectivity index (χ3v) is 2.59. The van der Waals surface area contributed by atoms with Gasteiger partial charge < -0.3 is 9.84 Å². The van der Waals surface area contributed by atoms with Crippen molar-refractivity contribution in [3.8, 4) is 5.75 Å². The largest absolute Gasteiger partial charge is 0.478 e. The van der Waals surface area contributed by atoms with Crippen molar-refractivity contribution in [3.63, 3.8) is 0 Å². The normalized spacial score (nSPS) is 11.9. The number of hydrogen-bond donors (Lipinski definition) is 1. The Morgan fingerprint density at radius 1 is 1.41 bits per heavy atom. The average Bonchev–Trinajstić information content (AvgIpc) is 2.27. The van der Waals surface area contributed by atoms with Crippen LogP contribution in [0.3, 0.4) is 0 Å². The quantitative estimate of drug-likeness (QED) is 0.644. The highest BCUT2D eigenvalue weighted by Gasteiger charge is 2.18. The first-order valence-corrected chi connectivity index (χ1v) is 5.51. The molecule has 4 nitrogen and oxygen atoms in total. The fourth-order valence-corrected chi connectivity index (χ4v) is 1.27. The van der Waals surface area contributed by atoms with E-state index in [1.165, 1.54) is 6.07 Å². The Balaban J connectivity index is 3.00. The van der Waals surface area contributed by atoms with Crippen LogP contribution in [0.4, 0.5) is 0 Å². The molecule has 1 unspecified atom stereocenters. The van der Waals surface area contributed by atoms with Crippen LogP contribution in [0, 0.1) is 12.8 Å². The Hall–Kier alpha value is -1.84.